The van der Waals surface area contributed by atoms with Gasteiger partial charge in [0.1, 0.15) is 5.82 Å². The van der Waals surface area contributed by atoms with Crippen LogP contribution in [0.3, 0.4) is 0 Å². The number of amides is 2. The number of nitrogens with zero attached hydrogens (tertiary/aromatic N) is 2. The third-order valence-corrected chi connectivity index (χ3v) is 5.60. The lowest BCUT2D eigenvalue weighted by Gasteiger charge is -2.07. The molecule has 0 aliphatic heterocycles. The molecule has 3 N–H and O–H groups in total. The van der Waals surface area contributed by atoms with Gasteiger partial charge >= 0.3 is 0 Å². The van der Waals surface area contributed by atoms with Crippen LogP contribution in [0.5, 0.6) is 0 Å². The molecule has 0 saturated carbocycles. The quantitative estimate of drug-likeness (QED) is 0.283. The van der Waals surface area contributed by atoms with Crippen molar-refractivity contribution in [2.45, 2.75) is 6.92 Å². The summed E-state index contributed by atoms with van der Waals surface area (Å²) >= 11 is 6.07. The standard InChI is InChI=1S/C27H20ClN5O2/c1-16-11-19(13-20(28)12-16)27(35)30-21-6-4-17(5-7-21)25-32-23-9-8-22(14-24(23)33-25)31-26(34)18-3-2-10-29-15-18/h2-15H,1H3,(H,30,35)(H,31,34)(H,32,33). The highest BCUT2D eigenvalue weighted by molar-refractivity contribution is 6.31. The number of halogens is 1. The minimum Gasteiger partial charge on any atom is -0.338 e. The van der Waals surface area contributed by atoms with Crippen molar-refractivity contribution in [3.05, 3.63) is 107 Å². The van der Waals surface area contributed by atoms with Gasteiger partial charge < -0.3 is 15.6 Å². The number of carbonyl (C=O) groups is 2. The third kappa shape index (κ3) is 5.05. The van der Waals surface area contributed by atoms with Crippen LogP contribution in [0.15, 0.2) is 85.2 Å². The van der Waals surface area contributed by atoms with E-state index in [0.717, 1.165) is 22.2 Å². The first-order valence-electron chi connectivity index (χ1n) is 10.8. The van der Waals surface area contributed by atoms with Crippen molar-refractivity contribution in [1.29, 1.82) is 0 Å². The van der Waals surface area contributed by atoms with Crippen molar-refractivity contribution < 1.29 is 9.59 Å². The number of H-pyrrole nitrogens is 1. The minimum absolute atomic E-state index is 0.229. The smallest absolute Gasteiger partial charge is 0.257 e. The largest absolute Gasteiger partial charge is 0.338 e. The van der Waals surface area contributed by atoms with Crippen LogP contribution >= 0.6 is 11.6 Å². The molecular weight excluding hydrogens is 462 g/mol. The molecule has 0 aliphatic rings. The fourth-order valence-electron chi connectivity index (χ4n) is 3.71. The Kier molecular flexibility index (Phi) is 5.99. The first kappa shape index (κ1) is 22.3. The van der Waals surface area contributed by atoms with Crippen LogP contribution in [0, 0.1) is 6.92 Å². The maximum absolute atomic E-state index is 12.6. The van der Waals surface area contributed by atoms with Gasteiger partial charge in [-0.05, 0) is 85.3 Å². The lowest BCUT2D eigenvalue weighted by molar-refractivity contribution is 0.101. The van der Waals surface area contributed by atoms with Crippen molar-refractivity contribution in [3.8, 4) is 11.4 Å². The molecule has 8 heteroatoms. The van der Waals surface area contributed by atoms with Crippen LogP contribution < -0.4 is 10.6 Å². The SMILES string of the molecule is Cc1cc(Cl)cc(C(=O)Nc2ccc(-c3nc4ccc(NC(=O)c5cccnc5)cc4[nH]3)cc2)c1. The van der Waals surface area contributed by atoms with Gasteiger partial charge in [-0.3, -0.25) is 14.6 Å². The van der Waals surface area contributed by atoms with E-state index in [-0.39, 0.29) is 11.8 Å². The second kappa shape index (κ2) is 9.40. The summed E-state index contributed by atoms with van der Waals surface area (Å²) in [4.78, 5) is 36.9. The summed E-state index contributed by atoms with van der Waals surface area (Å²) < 4.78 is 0. The number of aromatic amines is 1. The first-order valence-corrected chi connectivity index (χ1v) is 11.2. The van der Waals surface area contributed by atoms with Crippen molar-refractivity contribution in [2.24, 2.45) is 0 Å². The second-order valence-electron chi connectivity index (χ2n) is 8.06. The molecule has 0 aliphatic carbocycles. The molecule has 0 fully saturated rings. The number of rotatable bonds is 5. The molecule has 5 rings (SSSR count). The highest BCUT2D eigenvalue weighted by Gasteiger charge is 2.11. The van der Waals surface area contributed by atoms with E-state index < -0.39 is 0 Å². The Hall–Kier alpha value is -4.49. The average Bonchev–Trinajstić information content (AvgIpc) is 3.28. The monoisotopic (exact) mass is 481 g/mol. The number of fused-ring (bicyclic) bond motifs is 1. The van der Waals surface area contributed by atoms with E-state index in [1.165, 1.54) is 6.20 Å². The van der Waals surface area contributed by atoms with Crippen LogP contribution in [-0.2, 0) is 0 Å². The predicted molar refractivity (Wildman–Crippen MR) is 138 cm³/mol. The predicted octanol–water partition coefficient (Wildman–Crippen LogP) is 6.09. The summed E-state index contributed by atoms with van der Waals surface area (Å²) in [6.45, 7) is 1.89. The Bertz CT molecular complexity index is 1530. The molecule has 5 aromatic rings. The summed E-state index contributed by atoms with van der Waals surface area (Å²) in [7, 11) is 0. The van der Waals surface area contributed by atoms with Crippen molar-refractivity contribution >= 4 is 45.8 Å². The van der Waals surface area contributed by atoms with Gasteiger partial charge in [-0.25, -0.2) is 4.98 Å². The Balaban J connectivity index is 1.31. The highest BCUT2D eigenvalue weighted by Crippen LogP contribution is 2.25. The van der Waals surface area contributed by atoms with E-state index in [4.69, 9.17) is 11.6 Å². The lowest BCUT2D eigenvalue weighted by Crippen LogP contribution is -2.12. The Morgan fingerprint density at radius 3 is 2.34 bits per heavy atom. The van der Waals surface area contributed by atoms with Gasteiger partial charge in [-0.1, -0.05) is 11.6 Å². The Labute approximate surface area is 206 Å². The zero-order valence-corrected chi connectivity index (χ0v) is 19.4. The summed E-state index contributed by atoms with van der Waals surface area (Å²) in [5, 5.41) is 6.28. The van der Waals surface area contributed by atoms with Crippen molar-refractivity contribution in [3.63, 3.8) is 0 Å². The molecule has 7 nitrogen and oxygen atoms in total. The number of aromatic nitrogens is 3. The van der Waals surface area contributed by atoms with E-state index in [1.54, 1.807) is 42.6 Å². The number of anilines is 2. The van der Waals surface area contributed by atoms with E-state index >= 15 is 0 Å². The normalized spacial score (nSPS) is 10.8. The van der Waals surface area contributed by atoms with Crippen LogP contribution in [0.4, 0.5) is 11.4 Å². The molecule has 2 aromatic heterocycles. The molecular formula is C27H20ClN5O2. The molecule has 0 atom stereocenters. The summed E-state index contributed by atoms with van der Waals surface area (Å²) in [6, 6.07) is 21.5. The van der Waals surface area contributed by atoms with E-state index in [2.05, 4.69) is 25.6 Å². The van der Waals surface area contributed by atoms with Crippen molar-refractivity contribution in [2.75, 3.05) is 10.6 Å². The van der Waals surface area contributed by atoms with Gasteiger partial charge in [0.25, 0.3) is 11.8 Å². The Morgan fingerprint density at radius 1 is 0.857 bits per heavy atom. The molecule has 0 unspecified atom stereocenters. The fourth-order valence-corrected chi connectivity index (χ4v) is 4.00. The first-order chi connectivity index (χ1) is 16.9. The maximum atomic E-state index is 12.6. The number of aryl methyl sites for hydroxylation is 1. The second-order valence-corrected chi connectivity index (χ2v) is 8.50. The molecule has 0 saturated heterocycles. The van der Waals surface area contributed by atoms with Crippen LogP contribution in [0.2, 0.25) is 5.02 Å². The van der Waals surface area contributed by atoms with Gasteiger partial charge in [0.05, 0.1) is 16.6 Å². The number of nitrogens with one attached hydrogen (secondary N) is 3. The number of hydrogen-bond donors (Lipinski definition) is 3. The van der Waals surface area contributed by atoms with E-state index in [1.807, 2.05) is 43.3 Å². The average molecular weight is 482 g/mol. The zero-order valence-electron chi connectivity index (χ0n) is 18.7. The fraction of sp³-hybridized carbons (Fsp3) is 0.0370. The van der Waals surface area contributed by atoms with Crippen LogP contribution in [0.1, 0.15) is 26.3 Å². The van der Waals surface area contributed by atoms with Gasteiger partial charge in [-0.2, -0.15) is 0 Å². The highest BCUT2D eigenvalue weighted by atomic mass is 35.5. The van der Waals surface area contributed by atoms with Gasteiger partial charge in [-0.15, -0.1) is 0 Å². The van der Waals surface area contributed by atoms with Crippen LogP contribution in [-0.4, -0.2) is 26.8 Å². The Morgan fingerprint density at radius 2 is 1.60 bits per heavy atom. The van der Waals surface area contributed by atoms with Crippen LogP contribution in [0.25, 0.3) is 22.4 Å². The van der Waals surface area contributed by atoms with Gasteiger partial charge in [0.2, 0.25) is 0 Å². The van der Waals surface area contributed by atoms with E-state index in [9.17, 15) is 9.59 Å². The number of benzene rings is 3. The zero-order chi connectivity index (χ0) is 24.4. The molecule has 35 heavy (non-hydrogen) atoms. The van der Waals surface area contributed by atoms with Crippen molar-refractivity contribution in [1.82, 2.24) is 15.0 Å². The molecule has 172 valence electrons. The maximum Gasteiger partial charge on any atom is 0.257 e. The molecule has 0 spiro atoms. The number of hydrogen-bond acceptors (Lipinski definition) is 4. The third-order valence-electron chi connectivity index (χ3n) is 5.38. The summed E-state index contributed by atoms with van der Waals surface area (Å²) in [6.07, 6.45) is 3.14. The molecule has 0 radical (unpaired) electrons. The summed E-state index contributed by atoms with van der Waals surface area (Å²) in [5.41, 5.74) is 5.63. The number of pyridine rings is 1. The van der Waals surface area contributed by atoms with Gasteiger partial charge in [0, 0.05) is 39.9 Å². The molecule has 0 bridgehead atoms. The lowest BCUT2D eigenvalue weighted by atomic mass is 10.1. The summed E-state index contributed by atoms with van der Waals surface area (Å²) in [5.74, 6) is 0.217. The van der Waals surface area contributed by atoms with E-state index in [0.29, 0.717) is 33.3 Å². The topological polar surface area (TPSA) is 99.8 Å². The molecule has 3 aromatic carbocycles. The number of carbonyl (C=O) groups excluding carboxylic acids is 2. The number of imidazole rings is 1. The molecule has 2 amide bonds. The minimum atomic E-state index is -0.234. The van der Waals surface area contributed by atoms with Gasteiger partial charge in [0.15, 0.2) is 0 Å². The molecule has 2 heterocycles.